The first-order valence-corrected chi connectivity index (χ1v) is 9.08. The van der Waals surface area contributed by atoms with Crippen molar-refractivity contribution in [3.63, 3.8) is 0 Å². The molecule has 5 nitrogen and oxygen atoms in total. The van der Waals surface area contributed by atoms with Crippen molar-refractivity contribution in [2.75, 3.05) is 45.9 Å². The Kier molecular flexibility index (Phi) is 5.71. The molecule has 3 aliphatic heterocycles. The first kappa shape index (κ1) is 16.2. The fraction of sp³-hybridized carbons (Fsp3) is 0.941. The number of hydrogen-bond donors (Lipinski definition) is 1. The van der Waals surface area contributed by atoms with Gasteiger partial charge in [-0.25, -0.2) is 0 Å². The zero-order valence-corrected chi connectivity index (χ0v) is 13.9. The monoisotopic (exact) mass is 309 g/mol. The quantitative estimate of drug-likeness (QED) is 0.746. The summed E-state index contributed by atoms with van der Waals surface area (Å²) in [5.74, 6) is 0.998. The van der Waals surface area contributed by atoms with Crippen LogP contribution in [0.1, 0.15) is 39.0 Å². The maximum absolute atomic E-state index is 12.5. The Bertz CT molecular complexity index is 357. The van der Waals surface area contributed by atoms with Gasteiger partial charge in [0.2, 0.25) is 5.91 Å². The molecule has 0 radical (unpaired) electrons. The standard InChI is InChI=1S/C17H31N3O2/c1-2-22-10-9-19-5-7-20(8-6-19)17(21)13-14-11-15-3-4-16(12-14)18-15/h14-16,18H,2-13H2,1H3. The summed E-state index contributed by atoms with van der Waals surface area (Å²) in [6.45, 7) is 8.40. The van der Waals surface area contributed by atoms with E-state index in [9.17, 15) is 4.79 Å². The number of hydrogen-bond acceptors (Lipinski definition) is 4. The molecule has 1 N–H and O–H groups in total. The Labute approximate surface area is 134 Å². The minimum absolute atomic E-state index is 0.385. The molecular weight excluding hydrogens is 278 g/mol. The summed E-state index contributed by atoms with van der Waals surface area (Å²) in [5, 5.41) is 3.66. The Morgan fingerprint density at radius 2 is 1.82 bits per heavy atom. The maximum atomic E-state index is 12.5. The van der Waals surface area contributed by atoms with E-state index in [0.717, 1.165) is 52.4 Å². The van der Waals surface area contributed by atoms with Gasteiger partial charge in [-0.2, -0.15) is 0 Å². The Balaban J connectivity index is 1.37. The van der Waals surface area contributed by atoms with Crippen molar-refractivity contribution < 1.29 is 9.53 Å². The predicted octanol–water partition coefficient (Wildman–Crippen LogP) is 1.09. The number of piperazine rings is 1. The average Bonchev–Trinajstić information content (AvgIpc) is 2.87. The lowest BCUT2D eigenvalue weighted by Crippen LogP contribution is -2.50. The predicted molar refractivity (Wildman–Crippen MR) is 86.8 cm³/mol. The summed E-state index contributed by atoms with van der Waals surface area (Å²) in [4.78, 5) is 17.0. The average molecular weight is 309 g/mol. The van der Waals surface area contributed by atoms with Crippen LogP contribution in [0.15, 0.2) is 0 Å². The molecule has 5 heteroatoms. The third-order valence-electron chi connectivity index (χ3n) is 5.51. The fourth-order valence-corrected chi connectivity index (χ4v) is 4.28. The number of piperidine rings is 1. The smallest absolute Gasteiger partial charge is 0.222 e. The molecule has 0 aliphatic carbocycles. The van der Waals surface area contributed by atoms with Crippen LogP contribution in [-0.4, -0.2) is 73.7 Å². The van der Waals surface area contributed by atoms with Crippen LogP contribution in [0.3, 0.4) is 0 Å². The molecule has 3 aliphatic rings. The highest BCUT2D eigenvalue weighted by molar-refractivity contribution is 5.76. The fourth-order valence-electron chi connectivity index (χ4n) is 4.28. The minimum atomic E-state index is 0.385. The summed E-state index contributed by atoms with van der Waals surface area (Å²) >= 11 is 0. The van der Waals surface area contributed by atoms with Gasteiger partial charge in [-0.15, -0.1) is 0 Å². The first-order chi connectivity index (χ1) is 10.7. The van der Waals surface area contributed by atoms with Crippen LogP contribution in [0.25, 0.3) is 0 Å². The molecule has 0 spiro atoms. The van der Waals surface area contributed by atoms with E-state index < -0.39 is 0 Å². The van der Waals surface area contributed by atoms with Crippen molar-refractivity contribution in [3.8, 4) is 0 Å². The SMILES string of the molecule is CCOCCN1CCN(C(=O)CC2CC3CCC(C2)N3)CC1. The number of rotatable bonds is 6. The summed E-state index contributed by atoms with van der Waals surface area (Å²) in [5.41, 5.74) is 0. The van der Waals surface area contributed by atoms with Gasteiger partial charge in [-0.1, -0.05) is 0 Å². The van der Waals surface area contributed by atoms with Crippen molar-refractivity contribution in [2.24, 2.45) is 5.92 Å². The normalized spacial score (nSPS) is 32.4. The molecule has 0 aromatic rings. The zero-order valence-electron chi connectivity index (χ0n) is 13.9. The maximum Gasteiger partial charge on any atom is 0.222 e. The molecule has 0 aromatic heterocycles. The van der Waals surface area contributed by atoms with Gasteiger partial charge < -0.3 is 15.0 Å². The summed E-state index contributed by atoms with van der Waals surface area (Å²) in [7, 11) is 0. The van der Waals surface area contributed by atoms with Crippen LogP contribution < -0.4 is 5.32 Å². The minimum Gasteiger partial charge on any atom is -0.380 e. The molecule has 0 saturated carbocycles. The number of nitrogens with zero attached hydrogens (tertiary/aromatic N) is 2. The van der Waals surface area contributed by atoms with E-state index in [1.807, 2.05) is 6.92 Å². The van der Waals surface area contributed by atoms with E-state index in [4.69, 9.17) is 4.74 Å². The molecule has 3 heterocycles. The molecule has 22 heavy (non-hydrogen) atoms. The van der Waals surface area contributed by atoms with Gasteiger partial charge in [0.05, 0.1) is 6.61 Å². The van der Waals surface area contributed by atoms with Gasteiger partial charge in [0.1, 0.15) is 0 Å². The van der Waals surface area contributed by atoms with E-state index in [2.05, 4.69) is 15.1 Å². The van der Waals surface area contributed by atoms with Gasteiger partial charge in [-0.3, -0.25) is 9.69 Å². The number of carbonyl (C=O) groups is 1. The highest BCUT2D eigenvalue weighted by atomic mass is 16.5. The summed E-state index contributed by atoms with van der Waals surface area (Å²) in [6.07, 6.45) is 5.81. The summed E-state index contributed by atoms with van der Waals surface area (Å²) < 4.78 is 5.41. The van der Waals surface area contributed by atoms with Gasteiger partial charge in [0.25, 0.3) is 0 Å². The molecule has 126 valence electrons. The second kappa shape index (κ2) is 7.75. The molecule has 2 bridgehead atoms. The van der Waals surface area contributed by atoms with Crippen molar-refractivity contribution >= 4 is 5.91 Å². The number of nitrogens with one attached hydrogen (secondary N) is 1. The third-order valence-corrected chi connectivity index (χ3v) is 5.51. The molecule has 1 amide bonds. The van der Waals surface area contributed by atoms with Crippen LogP contribution in [0.2, 0.25) is 0 Å². The van der Waals surface area contributed by atoms with E-state index in [1.54, 1.807) is 0 Å². The second-order valence-electron chi connectivity index (χ2n) is 7.10. The second-order valence-corrected chi connectivity index (χ2v) is 7.10. The molecule has 3 saturated heterocycles. The Morgan fingerprint density at radius 1 is 1.14 bits per heavy atom. The number of amides is 1. The van der Waals surface area contributed by atoms with E-state index >= 15 is 0 Å². The Hall–Kier alpha value is -0.650. The van der Waals surface area contributed by atoms with Gasteiger partial charge >= 0.3 is 0 Å². The third kappa shape index (κ3) is 4.21. The lowest BCUT2D eigenvalue weighted by molar-refractivity contribution is -0.134. The van der Waals surface area contributed by atoms with Crippen LogP contribution in [0.4, 0.5) is 0 Å². The highest BCUT2D eigenvalue weighted by Crippen LogP contribution is 2.33. The van der Waals surface area contributed by atoms with Crippen LogP contribution in [0, 0.1) is 5.92 Å². The molecule has 3 fully saturated rings. The van der Waals surface area contributed by atoms with Crippen LogP contribution in [-0.2, 0) is 9.53 Å². The molecule has 0 aromatic carbocycles. The summed E-state index contributed by atoms with van der Waals surface area (Å²) in [6, 6.07) is 1.37. The molecule has 2 atom stereocenters. The number of ether oxygens (including phenoxy) is 1. The highest BCUT2D eigenvalue weighted by Gasteiger charge is 2.35. The molecule has 2 unspecified atom stereocenters. The lowest BCUT2D eigenvalue weighted by atomic mass is 9.89. The number of fused-ring (bicyclic) bond motifs is 2. The van der Waals surface area contributed by atoms with E-state index in [1.165, 1.54) is 25.7 Å². The van der Waals surface area contributed by atoms with Crippen LogP contribution in [0.5, 0.6) is 0 Å². The number of carbonyl (C=O) groups excluding carboxylic acids is 1. The lowest BCUT2D eigenvalue weighted by Gasteiger charge is -2.36. The molecular formula is C17H31N3O2. The van der Waals surface area contributed by atoms with Crippen molar-refractivity contribution in [3.05, 3.63) is 0 Å². The van der Waals surface area contributed by atoms with Crippen molar-refractivity contribution in [1.29, 1.82) is 0 Å². The topological polar surface area (TPSA) is 44.8 Å². The molecule has 3 rings (SSSR count). The van der Waals surface area contributed by atoms with E-state index in [0.29, 0.717) is 23.9 Å². The first-order valence-electron chi connectivity index (χ1n) is 9.08. The van der Waals surface area contributed by atoms with Crippen LogP contribution >= 0.6 is 0 Å². The largest absolute Gasteiger partial charge is 0.380 e. The zero-order chi connectivity index (χ0) is 15.4. The van der Waals surface area contributed by atoms with Crippen molar-refractivity contribution in [1.82, 2.24) is 15.1 Å². The van der Waals surface area contributed by atoms with Gasteiger partial charge in [-0.05, 0) is 38.5 Å². The van der Waals surface area contributed by atoms with Gasteiger partial charge in [0, 0.05) is 57.8 Å². The Morgan fingerprint density at radius 3 is 2.45 bits per heavy atom. The van der Waals surface area contributed by atoms with E-state index in [-0.39, 0.29) is 0 Å². The van der Waals surface area contributed by atoms with Crippen molar-refractivity contribution in [2.45, 2.75) is 51.1 Å². The van der Waals surface area contributed by atoms with Gasteiger partial charge in [0.15, 0.2) is 0 Å².